The van der Waals surface area contributed by atoms with E-state index in [-0.39, 0.29) is 5.82 Å². The highest BCUT2D eigenvalue weighted by Crippen LogP contribution is 2.24. The Morgan fingerprint density at radius 3 is 3.00 bits per heavy atom. The van der Waals surface area contributed by atoms with Crippen molar-refractivity contribution in [3.63, 3.8) is 0 Å². The molecule has 84 valence electrons. The number of hydrogen-bond acceptors (Lipinski definition) is 4. The Bertz CT molecular complexity index is 487. The molecule has 0 saturated carbocycles. The minimum absolute atomic E-state index is 0.262. The Labute approximate surface area is 110 Å². The van der Waals surface area contributed by atoms with Gasteiger partial charge < -0.3 is 11.1 Å². The summed E-state index contributed by atoms with van der Waals surface area (Å²) in [5.41, 5.74) is 8.71. The Morgan fingerprint density at radius 2 is 2.31 bits per heavy atom. The van der Waals surface area contributed by atoms with Gasteiger partial charge in [-0.2, -0.15) is 0 Å². The smallest absolute Gasteiger partial charge is 0.138 e. The second-order valence-electron chi connectivity index (χ2n) is 3.17. The highest BCUT2D eigenvalue weighted by molar-refractivity contribution is 14.1. The number of hydrogen-bond donors (Lipinski definition) is 2. The topological polar surface area (TPSA) is 50.9 Å². The van der Waals surface area contributed by atoms with E-state index in [0.717, 1.165) is 4.88 Å². The van der Waals surface area contributed by atoms with Crippen molar-refractivity contribution in [3.8, 4) is 0 Å². The fourth-order valence-electron chi connectivity index (χ4n) is 1.23. The van der Waals surface area contributed by atoms with Crippen LogP contribution in [-0.2, 0) is 6.54 Å². The van der Waals surface area contributed by atoms with Gasteiger partial charge in [0.1, 0.15) is 5.82 Å². The minimum Gasteiger partial charge on any atom is -0.397 e. The molecule has 0 aliphatic heterocycles. The third-order valence-corrected chi connectivity index (χ3v) is 3.64. The van der Waals surface area contributed by atoms with E-state index in [1.54, 1.807) is 29.1 Å². The Kier molecular flexibility index (Phi) is 3.59. The summed E-state index contributed by atoms with van der Waals surface area (Å²) in [6.07, 6.45) is 1.77. The quantitative estimate of drug-likeness (QED) is 0.662. The van der Waals surface area contributed by atoms with E-state index in [9.17, 15) is 4.39 Å². The maximum Gasteiger partial charge on any atom is 0.138 e. The van der Waals surface area contributed by atoms with Crippen LogP contribution in [0.4, 0.5) is 15.8 Å². The highest BCUT2D eigenvalue weighted by Gasteiger charge is 2.05. The number of rotatable bonds is 3. The molecule has 0 atom stereocenters. The first-order valence-corrected chi connectivity index (χ1v) is 6.48. The summed E-state index contributed by atoms with van der Waals surface area (Å²) >= 11 is 3.46. The lowest BCUT2D eigenvalue weighted by Crippen LogP contribution is -2.02. The molecule has 1 aromatic carbocycles. The third-order valence-electron chi connectivity index (χ3n) is 2.03. The van der Waals surface area contributed by atoms with E-state index >= 15 is 0 Å². The number of anilines is 2. The van der Waals surface area contributed by atoms with Crippen LogP contribution in [0.1, 0.15) is 4.88 Å². The number of nitrogens with two attached hydrogens (primary N) is 1. The first kappa shape index (κ1) is 11.6. The van der Waals surface area contributed by atoms with Crippen LogP contribution < -0.4 is 11.1 Å². The van der Waals surface area contributed by atoms with Gasteiger partial charge in [-0.05, 0) is 28.7 Å². The molecule has 2 aromatic rings. The first-order chi connectivity index (χ1) is 7.66. The molecular formula is C10H9FIN3S. The zero-order chi connectivity index (χ0) is 11.5. The molecule has 3 N–H and O–H groups in total. The van der Waals surface area contributed by atoms with Gasteiger partial charge in [-0.3, -0.25) is 4.98 Å². The van der Waals surface area contributed by atoms with Crippen LogP contribution in [0.2, 0.25) is 0 Å². The third kappa shape index (κ3) is 2.62. The van der Waals surface area contributed by atoms with Crippen molar-refractivity contribution in [2.24, 2.45) is 0 Å². The molecule has 0 radical (unpaired) electrons. The molecule has 1 aromatic heterocycles. The van der Waals surface area contributed by atoms with Crippen LogP contribution in [0.5, 0.6) is 0 Å². The van der Waals surface area contributed by atoms with Crippen molar-refractivity contribution in [2.45, 2.75) is 6.54 Å². The second-order valence-corrected chi connectivity index (χ2v) is 5.31. The minimum atomic E-state index is -0.262. The van der Waals surface area contributed by atoms with E-state index in [2.05, 4.69) is 10.3 Å². The number of halogens is 2. The molecule has 16 heavy (non-hydrogen) atoms. The second kappa shape index (κ2) is 4.96. The number of nitrogens with zero attached hydrogens (tertiary/aromatic N) is 1. The van der Waals surface area contributed by atoms with Crippen molar-refractivity contribution in [2.75, 3.05) is 11.1 Å². The lowest BCUT2D eigenvalue weighted by Gasteiger charge is -2.09. The first-order valence-electron chi connectivity index (χ1n) is 4.52. The summed E-state index contributed by atoms with van der Waals surface area (Å²) in [6, 6.07) is 3.03. The molecule has 0 aliphatic carbocycles. The number of nitrogen functional groups attached to an aromatic ring is 1. The Hall–Kier alpha value is -0.890. The van der Waals surface area contributed by atoms with Crippen LogP contribution in [0.3, 0.4) is 0 Å². The monoisotopic (exact) mass is 349 g/mol. The van der Waals surface area contributed by atoms with E-state index in [1.807, 2.05) is 22.6 Å². The predicted octanol–water partition coefficient (Wildman–Crippen LogP) is 3.08. The zero-order valence-electron chi connectivity index (χ0n) is 8.21. The molecule has 6 heteroatoms. The van der Waals surface area contributed by atoms with E-state index in [1.165, 1.54) is 6.07 Å². The number of aromatic nitrogens is 1. The van der Waals surface area contributed by atoms with Gasteiger partial charge in [-0.25, -0.2) is 4.39 Å². The molecule has 0 unspecified atom stereocenters. The molecule has 1 heterocycles. The SMILES string of the molecule is Nc1cc(I)c(F)cc1NCc1cncs1. The van der Waals surface area contributed by atoms with Crippen LogP contribution in [0.25, 0.3) is 0 Å². The normalized spacial score (nSPS) is 10.4. The van der Waals surface area contributed by atoms with E-state index in [4.69, 9.17) is 5.73 Å². The maximum absolute atomic E-state index is 13.3. The Morgan fingerprint density at radius 1 is 1.50 bits per heavy atom. The van der Waals surface area contributed by atoms with Gasteiger partial charge in [0.25, 0.3) is 0 Å². The van der Waals surface area contributed by atoms with Crippen LogP contribution in [-0.4, -0.2) is 4.98 Å². The zero-order valence-corrected chi connectivity index (χ0v) is 11.2. The van der Waals surface area contributed by atoms with Gasteiger partial charge in [0.15, 0.2) is 0 Å². The van der Waals surface area contributed by atoms with Gasteiger partial charge in [0, 0.05) is 17.1 Å². The summed E-state index contributed by atoms with van der Waals surface area (Å²) in [5.74, 6) is -0.262. The van der Waals surface area contributed by atoms with Crippen LogP contribution in [0.15, 0.2) is 23.8 Å². The fourth-order valence-corrected chi connectivity index (χ4v) is 2.25. The predicted molar refractivity (Wildman–Crippen MR) is 73.0 cm³/mol. The van der Waals surface area contributed by atoms with Crippen molar-refractivity contribution in [3.05, 3.63) is 38.1 Å². The van der Waals surface area contributed by atoms with Crippen LogP contribution in [0, 0.1) is 9.39 Å². The molecule has 0 aliphatic rings. The highest BCUT2D eigenvalue weighted by atomic mass is 127. The lowest BCUT2D eigenvalue weighted by atomic mass is 10.2. The molecule has 0 spiro atoms. The summed E-state index contributed by atoms with van der Waals surface area (Å²) < 4.78 is 13.8. The van der Waals surface area contributed by atoms with Gasteiger partial charge in [0.05, 0.1) is 27.0 Å². The van der Waals surface area contributed by atoms with E-state index in [0.29, 0.717) is 21.5 Å². The fraction of sp³-hybridized carbons (Fsp3) is 0.100. The molecule has 0 fully saturated rings. The standard InChI is InChI=1S/C10H9FIN3S/c11-7-1-10(9(13)2-8(7)12)15-4-6-3-14-5-16-6/h1-3,5,15H,4,13H2. The molecule has 0 saturated heterocycles. The summed E-state index contributed by atoms with van der Waals surface area (Å²) in [6.45, 7) is 0.606. The summed E-state index contributed by atoms with van der Waals surface area (Å²) in [4.78, 5) is 5.04. The van der Waals surface area contributed by atoms with Crippen LogP contribution >= 0.6 is 33.9 Å². The Balaban J connectivity index is 2.12. The lowest BCUT2D eigenvalue weighted by molar-refractivity contribution is 0.621. The molecule has 0 bridgehead atoms. The molecule has 2 rings (SSSR count). The molecule has 3 nitrogen and oxygen atoms in total. The maximum atomic E-state index is 13.3. The number of nitrogens with one attached hydrogen (secondary N) is 1. The van der Waals surface area contributed by atoms with Gasteiger partial charge in [-0.1, -0.05) is 0 Å². The number of benzene rings is 1. The molecular weight excluding hydrogens is 340 g/mol. The van der Waals surface area contributed by atoms with Gasteiger partial charge in [0.2, 0.25) is 0 Å². The summed E-state index contributed by atoms with van der Waals surface area (Å²) in [7, 11) is 0. The average Bonchev–Trinajstić information content (AvgIpc) is 2.74. The van der Waals surface area contributed by atoms with Gasteiger partial charge in [-0.15, -0.1) is 11.3 Å². The van der Waals surface area contributed by atoms with Crippen molar-refractivity contribution in [1.82, 2.24) is 4.98 Å². The number of thiazole rings is 1. The molecule has 0 amide bonds. The average molecular weight is 349 g/mol. The van der Waals surface area contributed by atoms with Gasteiger partial charge >= 0.3 is 0 Å². The van der Waals surface area contributed by atoms with Crippen molar-refractivity contribution >= 4 is 45.3 Å². The summed E-state index contributed by atoms with van der Waals surface area (Å²) in [5, 5.41) is 3.09. The van der Waals surface area contributed by atoms with Crippen molar-refractivity contribution < 1.29 is 4.39 Å². The largest absolute Gasteiger partial charge is 0.397 e. The van der Waals surface area contributed by atoms with E-state index < -0.39 is 0 Å². The van der Waals surface area contributed by atoms with Crippen molar-refractivity contribution in [1.29, 1.82) is 0 Å².